The van der Waals surface area contributed by atoms with E-state index in [-0.39, 0.29) is 18.0 Å². The molecule has 0 bridgehead atoms. The summed E-state index contributed by atoms with van der Waals surface area (Å²) in [6.45, 7) is 5.36. The fraction of sp³-hybridized carbons (Fsp3) is 0.600. The van der Waals surface area contributed by atoms with Crippen LogP contribution >= 0.6 is 0 Å². The second-order valence-electron chi connectivity index (χ2n) is 3.81. The number of anilines is 1. The molecule has 0 atom stereocenters. The second kappa shape index (κ2) is 6.12. The fourth-order valence-electron chi connectivity index (χ4n) is 1.04. The number of carbonyl (C=O) groups excluding carboxylic acids is 1. The number of nitrogens with zero attached hydrogens (tertiary/aromatic N) is 1. The van der Waals surface area contributed by atoms with Crippen LogP contribution in [0.2, 0.25) is 0 Å². The quantitative estimate of drug-likeness (QED) is 0.554. The third-order valence-electron chi connectivity index (χ3n) is 1.78. The number of rotatable bonds is 6. The largest absolute Gasteiger partial charge is 0.458 e. The molecule has 6 nitrogen and oxygen atoms in total. The van der Waals surface area contributed by atoms with Gasteiger partial charge in [-0.2, -0.15) is 5.10 Å². The van der Waals surface area contributed by atoms with E-state index in [2.05, 4.69) is 24.0 Å². The molecule has 0 saturated heterocycles. The van der Waals surface area contributed by atoms with Crippen molar-refractivity contribution >= 4 is 11.7 Å². The summed E-state index contributed by atoms with van der Waals surface area (Å²) >= 11 is 0. The Labute approximate surface area is 94.1 Å². The molecule has 90 valence electrons. The molecule has 0 aliphatic carbocycles. The molecule has 0 aliphatic heterocycles. The molecule has 0 amide bonds. The lowest BCUT2D eigenvalue weighted by Crippen LogP contribution is -2.14. The smallest absolute Gasteiger partial charge is 0.358 e. The van der Waals surface area contributed by atoms with Crippen molar-refractivity contribution < 1.29 is 14.3 Å². The van der Waals surface area contributed by atoms with Gasteiger partial charge in [-0.15, -0.1) is 0 Å². The maximum Gasteiger partial charge on any atom is 0.358 e. The third kappa shape index (κ3) is 3.90. The number of aromatic nitrogens is 2. The summed E-state index contributed by atoms with van der Waals surface area (Å²) in [4.78, 5) is 11.4. The van der Waals surface area contributed by atoms with Gasteiger partial charge >= 0.3 is 5.97 Å². The number of nitrogens with two attached hydrogens (primary N) is 1. The van der Waals surface area contributed by atoms with Gasteiger partial charge in [-0.3, -0.25) is 5.10 Å². The first kappa shape index (κ1) is 12.5. The topological polar surface area (TPSA) is 90.2 Å². The molecule has 0 spiro atoms. The molecular weight excluding hydrogens is 210 g/mol. The van der Waals surface area contributed by atoms with Crippen LogP contribution in [0.1, 0.15) is 24.3 Å². The van der Waals surface area contributed by atoms with Crippen LogP contribution in [-0.4, -0.2) is 36.0 Å². The van der Waals surface area contributed by atoms with Crippen LogP contribution in [0, 0.1) is 5.92 Å². The van der Waals surface area contributed by atoms with E-state index in [1.54, 1.807) is 0 Å². The highest BCUT2D eigenvalue weighted by Crippen LogP contribution is 2.07. The number of nitrogen functional groups attached to an aromatic ring is 1. The van der Waals surface area contributed by atoms with E-state index in [1.165, 1.54) is 6.20 Å². The zero-order valence-electron chi connectivity index (χ0n) is 9.53. The van der Waals surface area contributed by atoms with Crippen molar-refractivity contribution in [2.24, 2.45) is 5.92 Å². The second-order valence-corrected chi connectivity index (χ2v) is 3.81. The number of hydrogen-bond acceptors (Lipinski definition) is 5. The van der Waals surface area contributed by atoms with Crippen molar-refractivity contribution in [2.45, 2.75) is 13.8 Å². The standard InChI is InChI=1S/C10H17N3O3/c1-7(2)6-15-3-4-16-10(14)9-8(11)5-12-13-9/h5,7H,3-4,6,11H2,1-2H3,(H,12,13). The molecule has 0 aromatic carbocycles. The van der Waals surface area contributed by atoms with Crippen LogP contribution in [0.4, 0.5) is 5.69 Å². The Balaban J connectivity index is 2.19. The van der Waals surface area contributed by atoms with E-state index in [0.29, 0.717) is 19.1 Å². The summed E-state index contributed by atoms with van der Waals surface area (Å²) in [6.07, 6.45) is 1.37. The van der Waals surface area contributed by atoms with Crippen LogP contribution in [0.25, 0.3) is 0 Å². The normalized spacial score (nSPS) is 10.7. The van der Waals surface area contributed by atoms with Crippen LogP contribution in [0.3, 0.4) is 0 Å². The van der Waals surface area contributed by atoms with Gasteiger partial charge in [0.05, 0.1) is 18.5 Å². The van der Waals surface area contributed by atoms with E-state index >= 15 is 0 Å². The van der Waals surface area contributed by atoms with Gasteiger partial charge in [-0.1, -0.05) is 13.8 Å². The maximum absolute atomic E-state index is 11.4. The monoisotopic (exact) mass is 227 g/mol. The van der Waals surface area contributed by atoms with Crippen molar-refractivity contribution in [3.63, 3.8) is 0 Å². The SMILES string of the molecule is CC(C)COCCOC(=O)c1[nH]ncc1N. The van der Waals surface area contributed by atoms with Gasteiger partial charge < -0.3 is 15.2 Å². The van der Waals surface area contributed by atoms with Crippen molar-refractivity contribution in [2.75, 3.05) is 25.6 Å². The van der Waals surface area contributed by atoms with Gasteiger partial charge in [-0.05, 0) is 5.92 Å². The number of H-pyrrole nitrogens is 1. The maximum atomic E-state index is 11.4. The minimum atomic E-state index is -0.511. The number of hydrogen-bond donors (Lipinski definition) is 2. The van der Waals surface area contributed by atoms with Gasteiger partial charge in [-0.25, -0.2) is 4.79 Å². The van der Waals surface area contributed by atoms with Gasteiger partial charge in [0.25, 0.3) is 0 Å². The van der Waals surface area contributed by atoms with Gasteiger partial charge in [0, 0.05) is 6.61 Å². The van der Waals surface area contributed by atoms with Crippen molar-refractivity contribution in [1.29, 1.82) is 0 Å². The molecule has 0 radical (unpaired) electrons. The number of esters is 1. The summed E-state index contributed by atoms with van der Waals surface area (Å²) in [6, 6.07) is 0. The number of nitrogens with one attached hydrogen (secondary N) is 1. The minimum Gasteiger partial charge on any atom is -0.458 e. The summed E-state index contributed by atoms with van der Waals surface area (Å²) in [5, 5.41) is 6.10. The Hall–Kier alpha value is -1.56. The molecule has 1 aromatic rings. The predicted molar refractivity (Wildman–Crippen MR) is 58.9 cm³/mol. The summed E-state index contributed by atoms with van der Waals surface area (Å²) < 4.78 is 10.2. The summed E-state index contributed by atoms with van der Waals surface area (Å²) in [5.74, 6) is -0.0397. The Morgan fingerprint density at radius 2 is 2.31 bits per heavy atom. The van der Waals surface area contributed by atoms with Crippen molar-refractivity contribution in [3.05, 3.63) is 11.9 Å². The van der Waals surface area contributed by atoms with Crippen LogP contribution < -0.4 is 5.73 Å². The predicted octanol–water partition coefficient (Wildman–Crippen LogP) is 0.821. The first-order valence-corrected chi connectivity index (χ1v) is 5.15. The van der Waals surface area contributed by atoms with Crippen LogP contribution in [0.15, 0.2) is 6.20 Å². The molecule has 1 rings (SSSR count). The molecule has 6 heteroatoms. The average Bonchev–Trinajstić information content (AvgIpc) is 2.63. The lowest BCUT2D eigenvalue weighted by molar-refractivity contribution is 0.0273. The molecular formula is C10H17N3O3. The average molecular weight is 227 g/mol. The fourth-order valence-corrected chi connectivity index (χ4v) is 1.04. The highest BCUT2D eigenvalue weighted by atomic mass is 16.6. The first-order chi connectivity index (χ1) is 7.61. The molecule has 1 heterocycles. The van der Waals surface area contributed by atoms with E-state index in [9.17, 15) is 4.79 Å². The number of carbonyl (C=O) groups is 1. The highest BCUT2D eigenvalue weighted by molar-refractivity contribution is 5.92. The molecule has 0 saturated carbocycles. The molecule has 1 aromatic heterocycles. The summed E-state index contributed by atoms with van der Waals surface area (Å²) in [7, 11) is 0. The lowest BCUT2D eigenvalue weighted by Gasteiger charge is -2.07. The van der Waals surface area contributed by atoms with E-state index in [1.807, 2.05) is 0 Å². The minimum absolute atomic E-state index is 0.184. The molecule has 16 heavy (non-hydrogen) atoms. The Morgan fingerprint density at radius 3 is 2.88 bits per heavy atom. The lowest BCUT2D eigenvalue weighted by atomic mass is 10.2. The Morgan fingerprint density at radius 1 is 1.56 bits per heavy atom. The van der Waals surface area contributed by atoms with Crippen LogP contribution in [-0.2, 0) is 9.47 Å². The summed E-state index contributed by atoms with van der Waals surface area (Å²) in [5.41, 5.74) is 5.96. The molecule has 3 N–H and O–H groups in total. The Bertz CT molecular complexity index is 336. The van der Waals surface area contributed by atoms with Crippen LogP contribution in [0.5, 0.6) is 0 Å². The molecule has 0 fully saturated rings. The van der Waals surface area contributed by atoms with Gasteiger partial charge in [0.15, 0.2) is 5.69 Å². The zero-order chi connectivity index (χ0) is 12.0. The van der Waals surface area contributed by atoms with Gasteiger partial charge in [0.1, 0.15) is 6.61 Å². The van der Waals surface area contributed by atoms with Crippen molar-refractivity contribution in [3.8, 4) is 0 Å². The van der Waals surface area contributed by atoms with Gasteiger partial charge in [0.2, 0.25) is 0 Å². The highest BCUT2D eigenvalue weighted by Gasteiger charge is 2.12. The van der Waals surface area contributed by atoms with Crippen molar-refractivity contribution in [1.82, 2.24) is 10.2 Å². The molecule has 0 aliphatic rings. The zero-order valence-corrected chi connectivity index (χ0v) is 9.53. The number of aromatic amines is 1. The third-order valence-corrected chi connectivity index (χ3v) is 1.78. The Kier molecular flexibility index (Phi) is 4.78. The first-order valence-electron chi connectivity index (χ1n) is 5.15. The van der Waals surface area contributed by atoms with E-state index in [0.717, 1.165) is 0 Å². The number of ether oxygens (including phenoxy) is 2. The molecule has 0 unspecified atom stereocenters. The van der Waals surface area contributed by atoms with E-state index in [4.69, 9.17) is 15.2 Å². The van der Waals surface area contributed by atoms with E-state index < -0.39 is 5.97 Å².